The van der Waals surface area contributed by atoms with Crippen molar-refractivity contribution in [3.8, 4) is 0 Å². The Morgan fingerprint density at radius 3 is 2.06 bits per heavy atom. The van der Waals surface area contributed by atoms with Crippen LogP contribution in [-0.2, 0) is 13.6 Å². The monoisotopic (exact) mass is 242 g/mol. The zero-order chi connectivity index (χ0) is 12.2. The minimum absolute atomic E-state index is 0.379. The van der Waals surface area contributed by atoms with Gasteiger partial charge in [-0.25, -0.2) is 0 Å². The largest absolute Gasteiger partial charge is 0.361 e. The molecule has 0 spiro atoms. The first-order valence-electron chi connectivity index (χ1n) is 5.50. The molecule has 0 N–H and O–H groups in total. The normalized spacial score (nSPS) is 11.8. The molecule has 0 aromatic heterocycles. The van der Waals surface area contributed by atoms with Gasteiger partial charge in [-0.3, -0.25) is 4.57 Å². The fraction of sp³-hybridized carbons (Fsp3) is 0.500. The molecule has 3 nitrogen and oxygen atoms in total. The molecule has 1 aromatic rings. The summed E-state index contributed by atoms with van der Waals surface area (Å²) < 4.78 is 23.0. The van der Waals surface area contributed by atoms with Crippen LogP contribution in [0.3, 0.4) is 0 Å². The molecule has 0 aliphatic rings. The molecule has 1 aromatic carbocycles. The van der Waals surface area contributed by atoms with Crippen LogP contribution in [0.4, 0.5) is 0 Å². The van der Waals surface area contributed by atoms with Crippen LogP contribution in [0.15, 0.2) is 18.2 Å². The zero-order valence-corrected chi connectivity index (χ0v) is 11.2. The van der Waals surface area contributed by atoms with Gasteiger partial charge in [0.1, 0.15) is 0 Å². The van der Waals surface area contributed by atoms with E-state index < -0.39 is 7.60 Å². The Bertz CT molecular complexity index is 391. The van der Waals surface area contributed by atoms with E-state index in [9.17, 15) is 4.57 Å². The summed E-state index contributed by atoms with van der Waals surface area (Å²) in [5.74, 6) is 0. The van der Waals surface area contributed by atoms with Crippen molar-refractivity contribution in [3.05, 3.63) is 29.3 Å². The first-order chi connectivity index (χ1) is 7.53. The quantitative estimate of drug-likeness (QED) is 0.744. The molecule has 0 aliphatic carbocycles. The van der Waals surface area contributed by atoms with Crippen molar-refractivity contribution >= 4 is 12.9 Å². The minimum Gasteiger partial charge on any atom is -0.305 e. The molecule has 0 unspecified atom stereocenters. The minimum atomic E-state index is -3.12. The topological polar surface area (TPSA) is 35.5 Å². The fourth-order valence-electron chi connectivity index (χ4n) is 1.42. The van der Waals surface area contributed by atoms with Gasteiger partial charge in [-0.2, -0.15) is 0 Å². The summed E-state index contributed by atoms with van der Waals surface area (Å²) in [7, 11) is -3.12. The van der Waals surface area contributed by atoms with Gasteiger partial charge in [-0.05, 0) is 51.0 Å². The predicted octanol–water partition coefficient (Wildman–Crippen LogP) is 3.19. The van der Waals surface area contributed by atoms with Crippen molar-refractivity contribution in [1.82, 2.24) is 0 Å². The Balaban J connectivity index is 3.11. The van der Waals surface area contributed by atoms with E-state index in [1.165, 1.54) is 5.56 Å². The molecule has 16 heavy (non-hydrogen) atoms. The zero-order valence-electron chi connectivity index (χ0n) is 10.3. The fourth-order valence-corrected chi connectivity index (χ4v) is 3.08. The number of hydrogen-bond donors (Lipinski definition) is 0. The highest BCUT2D eigenvalue weighted by molar-refractivity contribution is 7.62. The summed E-state index contributed by atoms with van der Waals surface area (Å²) in [6, 6.07) is 5.63. The van der Waals surface area contributed by atoms with Gasteiger partial charge in [-0.15, -0.1) is 0 Å². The van der Waals surface area contributed by atoms with E-state index in [0.717, 1.165) is 5.56 Å². The highest BCUT2D eigenvalue weighted by atomic mass is 31.2. The second kappa shape index (κ2) is 5.62. The number of hydrogen-bond acceptors (Lipinski definition) is 3. The Morgan fingerprint density at radius 1 is 1.06 bits per heavy atom. The van der Waals surface area contributed by atoms with Gasteiger partial charge < -0.3 is 9.05 Å². The standard InChI is InChI=1S/C12H19O3P/c1-5-14-16(13,15-6-2)12-8-7-10(3)11(4)9-12/h7-9H,5-6H2,1-4H3. The first kappa shape index (κ1) is 13.4. The highest BCUT2D eigenvalue weighted by Crippen LogP contribution is 2.46. The second-order valence-corrected chi connectivity index (χ2v) is 5.63. The van der Waals surface area contributed by atoms with E-state index in [0.29, 0.717) is 18.5 Å². The van der Waals surface area contributed by atoms with Crippen molar-refractivity contribution in [1.29, 1.82) is 0 Å². The molecule has 4 heteroatoms. The molecule has 1 rings (SSSR count). The maximum absolute atomic E-state index is 12.4. The summed E-state index contributed by atoms with van der Waals surface area (Å²) >= 11 is 0. The lowest BCUT2D eigenvalue weighted by atomic mass is 10.1. The molecule has 0 bridgehead atoms. The van der Waals surface area contributed by atoms with Gasteiger partial charge in [0.25, 0.3) is 0 Å². The molecule has 0 saturated heterocycles. The number of rotatable bonds is 5. The van der Waals surface area contributed by atoms with Crippen LogP contribution in [-0.4, -0.2) is 13.2 Å². The predicted molar refractivity (Wildman–Crippen MR) is 66.4 cm³/mol. The van der Waals surface area contributed by atoms with Gasteiger partial charge in [0.05, 0.1) is 18.5 Å². The SMILES string of the molecule is CCOP(=O)(OCC)c1ccc(C)c(C)c1. The molecule has 90 valence electrons. The molecular formula is C12H19O3P. The van der Waals surface area contributed by atoms with Crippen LogP contribution in [0.25, 0.3) is 0 Å². The maximum Gasteiger partial charge on any atom is 0.361 e. The van der Waals surface area contributed by atoms with E-state index in [1.54, 1.807) is 0 Å². The van der Waals surface area contributed by atoms with Crippen LogP contribution < -0.4 is 5.30 Å². The van der Waals surface area contributed by atoms with Gasteiger partial charge in [-0.1, -0.05) is 6.07 Å². The third-order valence-electron chi connectivity index (χ3n) is 2.40. The Kier molecular flexibility index (Phi) is 4.72. The summed E-state index contributed by atoms with van der Waals surface area (Å²) in [5, 5.41) is 0.638. The van der Waals surface area contributed by atoms with Gasteiger partial charge >= 0.3 is 7.60 Å². The molecule has 0 heterocycles. The van der Waals surface area contributed by atoms with E-state index >= 15 is 0 Å². The summed E-state index contributed by atoms with van der Waals surface area (Å²) in [6.07, 6.45) is 0. The van der Waals surface area contributed by atoms with E-state index in [2.05, 4.69) is 0 Å². The molecule has 0 aliphatic heterocycles. The van der Waals surface area contributed by atoms with Crippen LogP contribution in [0.2, 0.25) is 0 Å². The smallest absolute Gasteiger partial charge is 0.305 e. The third kappa shape index (κ3) is 2.94. The van der Waals surface area contributed by atoms with Gasteiger partial charge in [0.2, 0.25) is 0 Å². The Morgan fingerprint density at radius 2 is 1.62 bits per heavy atom. The lowest BCUT2D eigenvalue weighted by molar-refractivity contribution is 0.230. The van der Waals surface area contributed by atoms with Gasteiger partial charge in [0.15, 0.2) is 0 Å². The molecule has 0 atom stereocenters. The molecular weight excluding hydrogens is 223 g/mol. The molecule has 0 fully saturated rings. The first-order valence-corrected chi connectivity index (χ1v) is 7.04. The molecule has 0 saturated carbocycles. The lowest BCUT2D eigenvalue weighted by Crippen LogP contribution is -2.11. The molecule has 0 amide bonds. The number of benzene rings is 1. The van der Waals surface area contributed by atoms with Gasteiger partial charge in [0, 0.05) is 0 Å². The van der Waals surface area contributed by atoms with E-state index in [4.69, 9.17) is 9.05 Å². The summed E-state index contributed by atoms with van der Waals surface area (Å²) in [6.45, 7) is 8.39. The maximum atomic E-state index is 12.4. The molecule has 0 radical (unpaired) electrons. The van der Waals surface area contributed by atoms with Crippen LogP contribution in [0, 0.1) is 13.8 Å². The van der Waals surface area contributed by atoms with Crippen LogP contribution in [0.1, 0.15) is 25.0 Å². The van der Waals surface area contributed by atoms with E-state index in [1.807, 2.05) is 45.9 Å². The average Bonchev–Trinajstić information content (AvgIpc) is 2.22. The van der Waals surface area contributed by atoms with Crippen molar-refractivity contribution in [2.45, 2.75) is 27.7 Å². The average molecular weight is 242 g/mol. The number of aryl methyl sites for hydroxylation is 2. The Hall–Kier alpha value is -0.630. The van der Waals surface area contributed by atoms with Crippen molar-refractivity contribution in [2.24, 2.45) is 0 Å². The van der Waals surface area contributed by atoms with Crippen molar-refractivity contribution in [2.75, 3.05) is 13.2 Å². The summed E-state index contributed by atoms with van der Waals surface area (Å²) in [4.78, 5) is 0. The highest BCUT2D eigenvalue weighted by Gasteiger charge is 2.26. The Labute approximate surface area is 97.3 Å². The van der Waals surface area contributed by atoms with Crippen molar-refractivity contribution in [3.63, 3.8) is 0 Å². The lowest BCUT2D eigenvalue weighted by Gasteiger charge is -2.17. The second-order valence-electron chi connectivity index (χ2n) is 3.60. The summed E-state index contributed by atoms with van der Waals surface area (Å²) in [5.41, 5.74) is 2.26. The third-order valence-corrected chi connectivity index (χ3v) is 4.51. The van der Waals surface area contributed by atoms with Crippen LogP contribution >= 0.6 is 7.60 Å². The van der Waals surface area contributed by atoms with Crippen LogP contribution in [0.5, 0.6) is 0 Å². The van der Waals surface area contributed by atoms with E-state index in [-0.39, 0.29) is 0 Å². The van der Waals surface area contributed by atoms with Crippen molar-refractivity contribution < 1.29 is 13.6 Å².